The molecule has 0 saturated carbocycles. The third-order valence-corrected chi connectivity index (χ3v) is 4.92. The van der Waals surface area contributed by atoms with Gasteiger partial charge >= 0.3 is 5.97 Å². The van der Waals surface area contributed by atoms with E-state index in [9.17, 15) is 14.4 Å². The zero-order valence-electron chi connectivity index (χ0n) is 19.0. The van der Waals surface area contributed by atoms with Gasteiger partial charge in [0.25, 0.3) is 5.91 Å². The standard InChI is InChI=1S/C24H25NO9/c1-30-17-9-6-14(23(31-2)24(17)32-3)11-19-22(29)16-8-7-15(12-18(16)34-19)33-13-20(26)25-10-4-5-21(27)28/h6-9,11-12H,4-5,10,13H2,1-3H3,(H,25,26)(H,27,28)/b19-11-. The molecule has 1 amide bonds. The number of amides is 1. The van der Waals surface area contributed by atoms with Crippen LogP contribution in [0, 0.1) is 0 Å². The van der Waals surface area contributed by atoms with Crippen molar-refractivity contribution >= 4 is 23.7 Å². The number of methoxy groups -OCH3 is 3. The Kier molecular flexibility index (Phi) is 7.96. The summed E-state index contributed by atoms with van der Waals surface area (Å²) in [5.41, 5.74) is 0.920. The van der Waals surface area contributed by atoms with E-state index in [4.69, 9.17) is 28.8 Å². The lowest BCUT2D eigenvalue weighted by atomic mass is 10.1. The first-order valence-corrected chi connectivity index (χ1v) is 10.4. The van der Waals surface area contributed by atoms with Crippen LogP contribution in [0.25, 0.3) is 6.08 Å². The second-order valence-electron chi connectivity index (χ2n) is 7.16. The largest absolute Gasteiger partial charge is 0.493 e. The fourth-order valence-corrected chi connectivity index (χ4v) is 3.30. The number of carboxylic acid groups (broad SMARTS) is 1. The van der Waals surface area contributed by atoms with E-state index in [1.807, 2.05) is 0 Å². The summed E-state index contributed by atoms with van der Waals surface area (Å²) in [5, 5.41) is 11.2. The van der Waals surface area contributed by atoms with Crippen molar-refractivity contribution in [2.24, 2.45) is 0 Å². The van der Waals surface area contributed by atoms with Crippen molar-refractivity contribution in [1.29, 1.82) is 0 Å². The summed E-state index contributed by atoms with van der Waals surface area (Å²) in [4.78, 5) is 35.2. The summed E-state index contributed by atoms with van der Waals surface area (Å²) in [5.74, 6) is 0.381. The average Bonchev–Trinajstić information content (AvgIpc) is 3.14. The van der Waals surface area contributed by atoms with Crippen LogP contribution in [0.5, 0.6) is 28.7 Å². The maximum atomic E-state index is 12.8. The number of nitrogens with one attached hydrogen (secondary N) is 1. The molecule has 10 nitrogen and oxygen atoms in total. The number of rotatable bonds is 11. The minimum Gasteiger partial charge on any atom is -0.493 e. The highest BCUT2D eigenvalue weighted by atomic mass is 16.5. The zero-order valence-corrected chi connectivity index (χ0v) is 19.0. The van der Waals surface area contributed by atoms with Crippen LogP contribution in [-0.2, 0) is 9.59 Å². The number of carboxylic acids is 1. The SMILES string of the molecule is COc1ccc(/C=C2\Oc3cc(OCC(=O)NCCCC(=O)O)ccc3C2=O)c(OC)c1OC. The molecule has 0 spiro atoms. The Balaban J connectivity index is 1.69. The second-order valence-corrected chi connectivity index (χ2v) is 7.16. The molecule has 2 aromatic rings. The molecule has 0 aliphatic carbocycles. The number of carbonyl (C=O) groups is 3. The summed E-state index contributed by atoms with van der Waals surface area (Å²) in [6, 6.07) is 8.06. The maximum Gasteiger partial charge on any atom is 0.303 e. The van der Waals surface area contributed by atoms with Crippen LogP contribution in [0.15, 0.2) is 36.1 Å². The molecule has 2 aromatic carbocycles. The monoisotopic (exact) mass is 471 g/mol. The van der Waals surface area contributed by atoms with Crippen molar-refractivity contribution < 1.29 is 43.2 Å². The van der Waals surface area contributed by atoms with E-state index in [2.05, 4.69) is 5.32 Å². The molecule has 1 aliphatic heterocycles. The fraction of sp³-hybridized carbons (Fsp3) is 0.292. The first-order valence-electron chi connectivity index (χ1n) is 10.4. The van der Waals surface area contributed by atoms with Crippen LogP contribution < -0.4 is 29.0 Å². The van der Waals surface area contributed by atoms with Gasteiger partial charge in [-0.2, -0.15) is 0 Å². The van der Waals surface area contributed by atoms with Gasteiger partial charge in [0.1, 0.15) is 11.5 Å². The van der Waals surface area contributed by atoms with Gasteiger partial charge in [-0.25, -0.2) is 0 Å². The predicted molar refractivity (Wildman–Crippen MR) is 121 cm³/mol. The third kappa shape index (κ3) is 5.58. The molecule has 1 aliphatic rings. The van der Waals surface area contributed by atoms with Crippen LogP contribution in [0.3, 0.4) is 0 Å². The van der Waals surface area contributed by atoms with Gasteiger partial charge in [-0.3, -0.25) is 14.4 Å². The molecule has 0 fully saturated rings. The Morgan fingerprint density at radius 3 is 2.50 bits per heavy atom. The molecule has 0 radical (unpaired) electrons. The third-order valence-electron chi connectivity index (χ3n) is 4.92. The topological polar surface area (TPSA) is 130 Å². The molecule has 0 aromatic heterocycles. The highest BCUT2D eigenvalue weighted by molar-refractivity contribution is 6.14. The van der Waals surface area contributed by atoms with Gasteiger partial charge < -0.3 is 34.1 Å². The van der Waals surface area contributed by atoms with E-state index in [-0.39, 0.29) is 37.0 Å². The minimum atomic E-state index is -0.920. The molecule has 0 bridgehead atoms. The number of allylic oxidation sites excluding steroid dienone is 1. The van der Waals surface area contributed by atoms with Crippen LogP contribution in [0.2, 0.25) is 0 Å². The number of hydrogen-bond donors (Lipinski definition) is 2. The number of ether oxygens (including phenoxy) is 5. The van der Waals surface area contributed by atoms with Gasteiger partial charge in [-0.15, -0.1) is 0 Å². The maximum absolute atomic E-state index is 12.8. The minimum absolute atomic E-state index is 0.0254. The highest BCUT2D eigenvalue weighted by Crippen LogP contribution is 2.42. The van der Waals surface area contributed by atoms with Crippen molar-refractivity contribution in [2.75, 3.05) is 34.5 Å². The molecule has 0 saturated heterocycles. The van der Waals surface area contributed by atoms with Crippen LogP contribution >= 0.6 is 0 Å². The number of benzene rings is 2. The molecule has 180 valence electrons. The first-order chi connectivity index (χ1) is 16.4. The predicted octanol–water partition coefficient (Wildman–Crippen LogP) is 2.69. The van der Waals surface area contributed by atoms with E-state index in [1.165, 1.54) is 27.4 Å². The van der Waals surface area contributed by atoms with Crippen molar-refractivity contribution in [2.45, 2.75) is 12.8 Å². The lowest BCUT2D eigenvalue weighted by molar-refractivity contribution is -0.137. The quantitative estimate of drug-likeness (QED) is 0.375. The van der Waals surface area contributed by atoms with E-state index in [0.717, 1.165) is 0 Å². The molecule has 10 heteroatoms. The van der Waals surface area contributed by atoms with Crippen molar-refractivity contribution in [3.63, 3.8) is 0 Å². The van der Waals surface area contributed by atoms with Crippen molar-refractivity contribution in [1.82, 2.24) is 5.32 Å². The smallest absolute Gasteiger partial charge is 0.303 e. The average molecular weight is 471 g/mol. The van der Waals surface area contributed by atoms with Gasteiger partial charge in [-0.05, 0) is 36.8 Å². The van der Waals surface area contributed by atoms with Gasteiger partial charge in [0, 0.05) is 24.6 Å². The molecular formula is C24H25NO9. The number of ketones is 1. The summed E-state index contributed by atoms with van der Waals surface area (Å²) in [7, 11) is 4.48. The number of hydrogen-bond acceptors (Lipinski definition) is 8. The summed E-state index contributed by atoms with van der Waals surface area (Å²) in [6.45, 7) is -0.0185. The van der Waals surface area contributed by atoms with E-state index < -0.39 is 5.97 Å². The van der Waals surface area contributed by atoms with Gasteiger partial charge in [0.05, 0.1) is 26.9 Å². The van der Waals surface area contributed by atoms with Crippen molar-refractivity contribution in [3.8, 4) is 28.7 Å². The summed E-state index contributed by atoms with van der Waals surface area (Å²) < 4.78 is 27.3. The van der Waals surface area contributed by atoms with Crippen LogP contribution in [0.4, 0.5) is 0 Å². The van der Waals surface area contributed by atoms with Gasteiger partial charge in [0.15, 0.2) is 23.9 Å². The number of Topliss-reactive ketones (excluding diaryl/α,β-unsaturated/α-hetero) is 1. The normalized spacial score (nSPS) is 13.1. The zero-order chi connectivity index (χ0) is 24.7. The highest BCUT2D eigenvalue weighted by Gasteiger charge is 2.28. The Morgan fingerprint density at radius 1 is 1.06 bits per heavy atom. The van der Waals surface area contributed by atoms with E-state index >= 15 is 0 Å². The lowest BCUT2D eigenvalue weighted by Crippen LogP contribution is -2.29. The molecule has 3 rings (SSSR count). The molecular weight excluding hydrogens is 446 g/mol. The number of carbonyl (C=O) groups excluding carboxylic acids is 2. The second kappa shape index (κ2) is 11.1. The van der Waals surface area contributed by atoms with Crippen LogP contribution in [-0.4, -0.2) is 57.2 Å². The Morgan fingerprint density at radius 2 is 1.82 bits per heavy atom. The molecule has 0 unspecified atom stereocenters. The summed E-state index contributed by atoms with van der Waals surface area (Å²) >= 11 is 0. The lowest BCUT2D eigenvalue weighted by Gasteiger charge is -2.14. The number of fused-ring (bicyclic) bond motifs is 1. The van der Waals surface area contributed by atoms with Gasteiger partial charge in [-0.1, -0.05) is 0 Å². The van der Waals surface area contributed by atoms with Crippen LogP contribution in [0.1, 0.15) is 28.8 Å². The molecule has 34 heavy (non-hydrogen) atoms. The Labute approximate surface area is 196 Å². The Bertz CT molecular complexity index is 1120. The van der Waals surface area contributed by atoms with E-state index in [1.54, 1.807) is 30.3 Å². The summed E-state index contributed by atoms with van der Waals surface area (Å²) in [6.07, 6.45) is 1.85. The Hall–Kier alpha value is -4.21. The molecule has 0 atom stereocenters. The van der Waals surface area contributed by atoms with E-state index in [0.29, 0.717) is 46.3 Å². The first kappa shape index (κ1) is 24.4. The van der Waals surface area contributed by atoms with Crippen molar-refractivity contribution in [3.05, 3.63) is 47.2 Å². The number of aliphatic carboxylic acids is 1. The fourth-order valence-electron chi connectivity index (χ4n) is 3.30. The molecule has 1 heterocycles. The van der Waals surface area contributed by atoms with Gasteiger partial charge in [0.2, 0.25) is 11.5 Å². The molecule has 2 N–H and O–H groups in total.